The fourth-order valence-electron chi connectivity index (χ4n) is 3.74. The SMILES string of the molecule is COc1cc(NC(=O)C2CCCC2)c(Cl)cc1C[NH+]([O-])/N=c1\sccn1COC(=O)[C@@H](N)C(C)C. The molecule has 1 fully saturated rings. The van der Waals surface area contributed by atoms with E-state index in [0.717, 1.165) is 25.7 Å². The summed E-state index contributed by atoms with van der Waals surface area (Å²) in [6.45, 7) is 3.51. The number of halogens is 1. The zero-order chi connectivity index (χ0) is 25.5. The van der Waals surface area contributed by atoms with Crippen LogP contribution in [0.5, 0.6) is 5.75 Å². The third kappa shape index (κ3) is 7.28. The van der Waals surface area contributed by atoms with Crippen LogP contribution in [0.2, 0.25) is 5.02 Å². The molecule has 1 amide bonds. The van der Waals surface area contributed by atoms with Crippen LogP contribution in [0.4, 0.5) is 5.69 Å². The molecule has 1 aliphatic rings. The molecule has 192 valence electrons. The Labute approximate surface area is 213 Å². The quantitative estimate of drug-likeness (QED) is 0.321. The topological polar surface area (TPSA) is 135 Å². The largest absolute Gasteiger partial charge is 0.606 e. The van der Waals surface area contributed by atoms with Gasteiger partial charge in [-0.3, -0.25) is 14.2 Å². The standard InChI is InChI=1S/C23H32ClN5O5S/c1-14(2)20(25)22(31)34-13-28-8-9-35-23(28)27-29(32)12-16-10-17(24)18(11-19(16)33-3)26-21(30)15-6-4-5-7-15/h8-11,14-15,20,29H,4-7,12-13,25H2,1-3H3,(H,26,30)/b27-23-/t20-/m0/s1. The Hall–Kier alpha value is -2.44. The number of hydrogen-bond donors (Lipinski definition) is 3. The molecule has 0 radical (unpaired) electrons. The Kier molecular flexibility index (Phi) is 9.70. The second kappa shape index (κ2) is 12.5. The van der Waals surface area contributed by atoms with Crippen LogP contribution in [0, 0.1) is 17.0 Å². The normalized spacial score (nSPS) is 16.4. The van der Waals surface area contributed by atoms with Crippen molar-refractivity contribution in [2.45, 2.75) is 58.8 Å². The first kappa shape index (κ1) is 27.2. The van der Waals surface area contributed by atoms with Crippen LogP contribution >= 0.6 is 22.9 Å². The van der Waals surface area contributed by atoms with Crippen molar-refractivity contribution in [2.75, 3.05) is 12.4 Å². The zero-order valence-electron chi connectivity index (χ0n) is 20.1. The number of rotatable bonds is 10. The smallest absolute Gasteiger partial charge is 0.324 e. The van der Waals surface area contributed by atoms with E-state index in [9.17, 15) is 14.8 Å². The number of hydrogen-bond acceptors (Lipinski definition) is 8. The van der Waals surface area contributed by atoms with E-state index in [1.54, 1.807) is 28.3 Å². The van der Waals surface area contributed by atoms with Crippen molar-refractivity contribution in [3.8, 4) is 5.75 Å². The van der Waals surface area contributed by atoms with Gasteiger partial charge in [0.1, 0.15) is 18.3 Å². The molecule has 3 rings (SSSR count). The van der Waals surface area contributed by atoms with Crippen molar-refractivity contribution in [3.05, 3.63) is 44.3 Å². The number of esters is 1. The molecule has 1 aromatic heterocycles. The number of methoxy groups -OCH3 is 1. The number of anilines is 1. The van der Waals surface area contributed by atoms with Crippen LogP contribution < -0.4 is 25.8 Å². The molecular weight excluding hydrogens is 494 g/mol. The second-order valence-corrected chi connectivity index (χ2v) is 10.1. The van der Waals surface area contributed by atoms with E-state index in [4.69, 9.17) is 26.8 Å². The fourth-order valence-corrected chi connectivity index (χ4v) is 4.70. The lowest BCUT2D eigenvalue weighted by atomic mass is 10.1. The van der Waals surface area contributed by atoms with Gasteiger partial charge < -0.3 is 25.7 Å². The van der Waals surface area contributed by atoms with E-state index in [-0.39, 0.29) is 31.0 Å². The lowest BCUT2D eigenvalue weighted by molar-refractivity contribution is -0.872. The van der Waals surface area contributed by atoms with E-state index in [1.807, 2.05) is 13.8 Å². The molecule has 2 aromatic rings. The number of nitrogens with one attached hydrogen (secondary N) is 2. The molecule has 0 spiro atoms. The third-order valence-electron chi connectivity index (χ3n) is 5.91. The number of carbonyl (C=O) groups is 2. The minimum Gasteiger partial charge on any atom is -0.606 e. The Bertz CT molecular complexity index is 1100. The van der Waals surface area contributed by atoms with Crippen molar-refractivity contribution in [1.82, 2.24) is 4.57 Å². The Morgan fingerprint density at radius 3 is 2.74 bits per heavy atom. The molecule has 10 nitrogen and oxygen atoms in total. The molecule has 1 aromatic carbocycles. The maximum Gasteiger partial charge on any atom is 0.324 e. The zero-order valence-corrected chi connectivity index (χ0v) is 21.7. The Balaban J connectivity index is 1.69. The number of quaternary nitrogens is 1. The second-order valence-electron chi connectivity index (χ2n) is 8.81. The molecular formula is C23H32ClN5O5S. The highest BCUT2D eigenvalue weighted by atomic mass is 35.5. The summed E-state index contributed by atoms with van der Waals surface area (Å²) in [6, 6.07) is 2.51. The monoisotopic (exact) mass is 525 g/mol. The average Bonchev–Trinajstić information content (AvgIpc) is 3.51. The minimum absolute atomic E-state index is 0.00464. The molecule has 0 aliphatic heterocycles. The van der Waals surface area contributed by atoms with E-state index in [1.165, 1.54) is 18.4 Å². The summed E-state index contributed by atoms with van der Waals surface area (Å²) >= 11 is 7.64. The van der Waals surface area contributed by atoms with Crippen LogP contribution in [0.1, 0.15) is 45.1 Å². The molecule has 1 unspecified atom stereocenters. The van der Waals surface area contributed by atoms with Crippen molar-refractivity contribution in [2.24, 2.45) is 22.7 Å². The molecule has 1 heterocycles. The van der Waals surface area contributed by atoms with Crippen LogP contribution in [0.3, 0.4) is 0 Å². The van der Waals surface area contributed by atoms with Crippen LogP contribution in [-0.4, -0.2) is 29.6 Å². The van der Waals surface area contributed by atoms with Crippen molar-refractivity contribution in [1.29, 1.82) is 0 Å². The number of ether oxygens (including phenoxy) is 2. The van der Waals surface area contributed by atoms with Gasteiger partial charge in [-0.1, -0.05) is 43.4 Å². The van der Waals surface area contributed by atoms with Gasteiger partial charge in [-0.25, -0.2) is 5.17 Å². The summed E-state index contributed by atoms with van der Waals surface area (Å²) in [4.78, 5) is 24.9. The Morgan fingerprint density at radius 2 is 2.09 bits per heavy atom. The van der Waals surface area contributed by atoms with Gasteiger partial charge in [0.25, 0.3) is 0 Å². The number of benzene rings is 1. The molecule has 1 aliphatic carbocycles. The van der Waals surface area contributed by atoms with E-state index in [0.29, 0.717) is 26.8 Å². The minimum atomic E-state index is -0.723. The molecule has 4 N–H and O–H groups in total. The predicted octanol–water partition coefficient (Wildman–Crippen LogP) is 2.22. The number of aromatic nitrogens is 1. The first-order valence-corrected chi connectivity index (χ1v) is 12.8. The highest BCUT2D eigenvalue weighted by molar-refractivity contribution is 7.07. The Morgan fingerprint density at radius 1 is 1.37 bits per heavy atom. The van der Waals surface area contributed by atoms with Crippen molar-refractivity contribution < 1.29 is 24.2 Å². The van der Waals surface area contributed by atoms with Crippen molar-refractivity contribution >= 4 is 40.5 Å². The van der Waals surface area contributed by atoms with Crippen LogP contribution in [0.15, 0.2) is 28.8 Å². The number of nitrogens with zero attached hydrogens (tertiary/aromatic N) is 2. The molecule has 0 saturated heterocycles. The molecule has 12 heteroatoms. The van der Waals surface area contributed by atoms with Gasteiger partial charge in [0.15, 0.2) is 6.73 Å². The van der Waals surface area contributed by atoms with E-state index < -0.39 is 17.2 Å². The van der Waals surface area contributed by atoms with Gasteiger partial charge >= 0.3 is 5.97 Å². The summed E-state index contributed by atoms with van der Waals surface area (Å²) < 4.78 is 12.2. The molecule has 2 atom stereocenters. The molecule has 35 heavy (non-hydrogen) atoms. The fraction of sp³-hybridized carbons (Fsp3) is 0.522. The number of hydroxylamine groups is 1. The first-order valence-electron chi connectivity index (χ1n) is 11.5. The summed E-state index contributed by atoms with van der Waals surface area (Å²) in [5.74, 6) is -0.201. The predicted molar refractivity (Wildman–Crippen MR) is 133 cm³/mol. The number of thiazole rings is 1. The highest BCUT2D eigenvalue weighted by Crippen LogP contribution is 2.32. The van der Waals surface area contributed by atoms with Gasteiger partial charge in [-0.05, 0) is 24.8 Å². The summed E-state index contributed by atoms with van der Waals surface area (Å²) in [6.07, 6.45) is 5.53. The summed E-state index contributed by atoms with van der Waals surface area (Å²) in [5.41, 5.74) is 6.80. The van der Waals surface area contributed by atoms with Gasteiger partial charge in [0.2, 0.25) is 10.7 Å². The first-order chi connectivity index (χ1) is 16.7. The number of amides is 1. The maximum atomic E-state index is 12.7. The van der Waals surface area contributed by atoms with Gasteiger partial charge in [0.05, 0.1) is 23.4 Å². The summed E-state index contributed by atoms with van der Waals surface area (Å²) in [5, 5.41) is 21.4. The highest BCUT2D eigenvalue weighted by Gasteiger charge is 2.24. The van der Waals surface area contributed by atoms with E-state index in [2.05, 4.69) is 10.4 Å². The maximum absolute atomic E-state index is 12.7. The summed E-state index contributed by atoms with van der Waals surface area (Å²) in [7, 11) is 1.49. The molecule has 1 saturated carbocycles. The lowest BCUT2D eigenvalue weighted by Gasteiger charge is -2.19. The number of nitrogens with two attached hydrogens (primary N) is 1. The van der Waals surface area contributed by atoms with Crippen LogP contribution in [0.25, 0.3) is 0 Å². The van der Waals surface area contributed by atoms with Crippen molar-refractivity contribution in [3.63, 3.8) is 0 Å². The van der Waals surface area contributed by atoms with Gasteiger partial charge in [-0.2, -0.15) is 0 Å². The third-order valence-corrected chi connectivity index (χ3v) is 7.02. The van der Waals surface area contributed by atoms with Gasteiger partial charge in [-0.15, -0.1) is 11.3 Å². The molecule has 0 bridgehead atoms. The van der Waals surface area contributed by atoms with Crippen LogP contribution in [-0.2, 0) is 27.6 Å². The number of carbonyl (C=O) groups excluding carboxylic acids is 2. The lowest BCUT2D eigenvalue weighted by Crippen LogP contribution is -3.01. The van der Waals surface area contributed by atoms with E-state index >= 15 is 0 Å². The average molecular weight is 526 g/mol. The van der Waals surface area contributed by atoms with Gasteiger partial charge in [0, 0.05) is 23.6 Å².